The van der Waals surface area contributed by atoms with E-state index in [2.05, 4.69) is 4.98 Å². The second kappa shape index (κ2) is 3.35. The molecule has 1 fully saturated rings. The van der Waals surface area contributed by atoms with Crippen LogP contribution >= 0.6 is 0 Å². The first-order chi connectivity index (χ1) is 6.58. The van der Waals surface area contributed by atoms with Crippen molar-refractivity contribution >= 4 is 0 Å². The van der Waals surface area contributed by atoms with Crippen LogP contribution in [-0.4, -0.2) is 10.1 Å². The first-order valence-corrected chi connectivity index (χ1v) is 5.22. The number of hydrogen-bond donors (Lipinski definition) is 1. The van der Waals surface area contributed by atoms with Gasteiger partial charge in [0, 0.05) is 18.0 Å². The highest BCUT2D eigenvalue weighted by atomic mass is 16.3. The van der Waals surface area contributed by atoms with Crippen molar-refractivity contribution in [2.75, 3.05) is 0 Å². The van der Waals surface area contributed by atoms with Crippen LogP contribution in [0.1, 0.15) is 37.3 Å². The molecular formula is C12H17NO. The fourth-order valence-electron chi connectivity index (χ4n) is 1.85. The van der Waals surface area contributed by atoms with Crippen LogP contribution in [-0.2, 0) is 5.60 Å². The Balaban J connectivity index is 2.18. The summed E-state index contributed by atoms with van der Waals surface area (Å²) in [5.41, 5.74) is 1.36. The highest BCUT2D eigenvalue weighted by Gasteiger charge is 2.33. The Morgan fingerprint density at radius 3 is 2.79 bits per heavy atom. The minimum absolute atomic E-state index is 0.694. The molecule has 1 N–H and O–H groups in total. The van der Waals surface area contributed by atoms with Crippen LogP contribution in [0.25, 0.3) is 0 Å². The van der Waals surface area contributed by atoms with Crippen LogP contribution in [0.5, 0.6) is 0 Å². The van der Waals surface area contributed by atoms with Gasteiger partial charge in [0.15, 0.2) is 0 Å². The van der Waals surface area contributed by atoms with Crippen LogP contribution in [0.4, 0.5) is 0 Å². The minimum atomic E-state index is -0.694. The van der Waals surface area contributed by atoms with Gasteiger partial charge in [-0.1, -0.05) is 18.9 Å². The van der Waals surface area contributed by atoms with E-state index in [0.29, 0.717) is 0 Å². The average molecular weight is 191 g/mol. The third kappa shape index (κ3) is 2.13. The molecule has 1 unspecified atom stereocenters. The van der Waals surface area contributed by atoms with Gasteiger partial charge in [-0.3, -0.25) is 4.98 Å². The quantitative estimate of drug-likeness (QED) is 0.795. The molecule has 1 atom stereocenters. The summed E-state index contributed by atoms with van der Waals surface area (Å²) in [6.45, 7) is 3.89. The molecule has 1 heterocycles. The predicted octanol–water partition coefficient (Wildman–Crippen LogP) is 2.40. The van der Waals surface area contributed by atoms with E-state index in [4.69, 9.17) is 0 Å². The van der Waals surface area contributed by atoms with E-state index in [1.807, 2.05) is 26.1 Å². The summed E-state index contributed by atoms with van der Waals surface area (Å²) in [5.74, 6) is 0.727. The third-order valence-electron chi connectivity index (χ3n) is 2.88. The predicted molar refractivity (Wildman–Crippen MR) is 55.9 cm³/mol. The number of aromatic nitrogens is 1. The number of nitrogens with zero attached hydrogens (tertiary/aromatic N) is 1. The van der Waals surface area contributed by atoms with E-state index in [9.17, 15) is 5.11 Å². The molecule has 0 radical (unpaired) electrons. The van der Waals surface area contributed by atoms with Crippen molar-refractivity contribution in [3.05, 3.63) is 29.6 Å². The largest absolute Gasteiger partial charge is 0.385 e. The molecule has 1 saturated carbocycles. The van der Waals surface area contributed by atoms with Crippen LogP contribution in [0.2, 0.25) is 0 Å². The smallest absolute Gasteiger partial charge is 0.0886 e. The van der Waals surface area contributed by atoms with Crippen molar-refractivity contribution in [1.82, 2.24) is 4.98 Å². The fraction of sp³-hybridized carbons (Fsp3) is 0.583. The highest BCUT2D eigenvalue weighted by molar-refractivity contribution is 5.22. The normalized spacial score (nSPS) is 20.5. The van der Waals surface area contributed by atoms with E-state index in [1.165, 1.54) is 12.8 Å². The lowest BCUT2D eigenvalue weighted by atomic mass is 9.91. The van der Waals surface area contributed by atoms with E-state index < -0.39 is 5.60 Å². The third-order valence-corrected chi connectivity index (χ3v) is 2.88. The zero-order valence-corrected chi connectivity index (χ0v) is 8.83. The Morgan fingerprint density at radius 1 is 1.50 bits per heavy atom. The molecule has 0 saturated heterocycles. The number of rotatable bonds is 3. The van der Waals surface area contributed by atoms with Gasteiger partial charge in [-0.25, -0.2) is 0 Å². The maximum absolute atomic E-state index is 10.3. The maximum Gasteiger partial charge on any atom is 0.0886 e. The Morgan fingerprint density at radius 2 is 2.21 bits per heavy atom. The summed E-state index contributed by atoms with van der Waals surface area (Å²) in [6, 6.07) is 2.02. The topological polar surface area (TPSA) is 33.1 Å². The lowest BCUT2D eigenvalue weighted by molar-refractivity contribution is 0.0413. The zero-order chi connectivity index (χ0) is 10.2. The van der Waals surface area contributed by atoms with Crippen molar-refractivity contribution in [2.24, 2.45) is 5.92 Å². The van der Waals surface area contributed by atoms with Gasteiger partial charge < -0.3 is 5.11 Å². The van der Waals surface area contributed by atoms with Gasteiger partial charge in [0.2, 0.25) is 0 Å². The summed E-state index contributed by atoms with van der Waals surface area (Å²) in [5, 5.41) is 10.3. The minimum Gasteiger partial charge on any atom is -0.385 e. The molecule has 14 heavy (non-hydrogen) atoms. The van der Waals surface area contributed by atoms with Crippen molar-refractivity contribution < 1.29 is 5.11 Å². The highest BCUT2D eigenvalue weighted by Crippen LogP contribution is 2.40. The molecule has 76 valence electrons. The SMILES string of the molecule is Cc1cncc(C(C)(O)CC2CC2)c1. The van der Waals surface area contributed by atoms with Gasteiger partial charge in [-0.05, 0) is 31.7 Å². The summed E-state index contributed by atoms with van der Waals surface area (Å²) < 4.78 is 0. The van der Waals surface area contributed by atoms with Crippen LogP contribution in [0.15, 0.2) is 18.5 Å². The maximum atomic E-state index is 10.3. The Labute approximate surface area is 85.0 Å². The molecule has 2 rings (SSSR count). The van der Waals surface area contributed by atoms with Crippen molar-refractivity contribution in [2.45, 2.75) is 38.7 Å². The summed E-state index contributed by atoms with van der Waals surface area (Å²) in [7, 11) is 0. The number of aryl methyl sites for hydroxylation is 1. The van der Waals surface area contributed by atoms with Gasteiger partial charge in [0.05, 0.1) is 5.60 Å². The van der Waals surface area contributed by atoms with Crippen LogP contribution < -0.4 is 0 Å². The molecule has 0 spiro atoms. The lowest BCUT2D eigenvalue weighted by Gasteiger charge is -2.23. The second-order valence-electron chi connectivity index (χ2n) is 4.67. The van der Waals surface area contributed by atoms with Crippen LogP contribution in [0, 0.1) is 12.8 Å². The summed E-state index contributed by atoms with van der Waals surface area (Å²) in [6.07, 6.45) is 7.01. The zero-order valence-electron chi connectivity index (χ0n) is 8.83. The first kappa shape index (κ1) is 9.66. The molecule has 2 heteroatoms. The fourth-order valence-corrected chi connectivity index (χ4v) is 1.85. The average Bonchev–Trinajstić information content (AvgIpc) is 2.87. The molecule has 1 aliphatic carbocycles. The van der Waals surface area contributed by atoms with Gasteiger partial charge in [0.1, 0.15) is 0 Å². The second-order valence-corrected chi connectivity index (χ2v) is 4.67. The Kier molecular flexibility index (Phi) is 2.31. The Hall–Kier alpha value is -0.890. The van der Waals surface area contributed by atoms with E-state index in [1.54, 1.807) is 6.20 Å². The number of hydrogen-bond acceptors (Lipinski definition) is 2. The monoisotopic (exact) mass is 191 g/mol. The van der Waals surface area contributed by atoms with Crippen molar-refractivity contribution in [1.29, 1.82) is 0 Å². The standard InChI is InChI=1S/C12H17NO/c1-9-5-11(8-13-7-9)12(2,14)6-10-3-4-10/h5,7-8,10,14H,3-4,6H2,1-2H3. The van der Waals surface area contributed by atoms with Crippen LogP contribution in [0.3, 0.4) is 0 Å². The lowest BCUT2D eigenvalue weighted by Crippen LogP contribution is -2.22. The summed E-state index contributed by atoms with van der Waals surface area (Å²) >= 11 is 0. The van der Waals surface area contributed by atoms with Gasteiger partial charge in [-0.15, -0.1) is 0 Å². The van der Waals surface area contributed by atoms with E-state index in [0.717, 1.165) is 23.5 Å². The Bertz CT molecular complexity index is 329. The number of aliphatic hydroxyl groups is 1. The molecule has 1 aromatic rings. The molecule has 2 nitrogen and oxygen atoms in total. The summed E-state index contributed by atoms with van der Waals surface area (Å²) in [4.78, 5) is 4.12. The first-order valence-electron chi connectivity index (χ1n) is 5.22. The molecule has 1 aromatic heterocycles. The molecule has 1 aliphatic rings. The van der Waals surface area contributed by atoms with E-state index in [-0.39, 0.29) is 0 Å². The molecule has 0 aromatic carbocycles. The van der Waals surface area contributed by atoms with Crippen molar-refractivity contribution in [3.63, 3.8) is 0 Å². The van der Waals surface area contributed by atoms with Gasteiger partial charge in [-0.2, -0.15) is 0 Å². The van der Waals surface area contributed by atoms with Gasteiger partial charge in [0.25, 0.3) is 0 Å². The molecular weight excluding hydrogens is 174 g/mol. The van der Waals surface area contributed by atoms with E-state index >= 15 is 0 Å². The van der Waals surface area contributed by atoms with Crippen molar-refractivity contribution in [3.8, 4) is 0 Å². The molecule has 0 bridgehead atoms. The molecule has 0 amide bonds. The molecule has 0 aliphatic heterocycles. The number of pyridine rings is 1. The van der Waals surface area contributed by atoms with Gasteiger partial charge >= 0.3 is 0 Å².